The molecular weight excluding hydrogens is 377 g/mol. The predicted molar refractivity (Wildman–Crippen MR) is 114 cm³/mol. The monoisotopic (exact) mass is 416 g/mol. The number of halogens is 3. The third-order valence-electron chi connectivity index (χ3n) is 5.14. The van der Waals surface area contributed by atoms with Gasteiger partial charge in [-0.2, -0.15) is 13.2 Å². The van der Waals surface area contributed by atoms with Crippen molar-refractivity contribution in [1.29, 1.82) is 0 Å². The van der Waals surface area contributed by atoms with Crippen molar-refractivity contribution in [3.05, 3.63) is 35.4 Å². The second-order valence-corrected chi connectivity index (χ2v) is 8.31. The van der Waals surface area contributed by atoms with Crippen LogP contribution < -0.4 is 5.32 Å². The molecule has 2 N–H and O–H groups in total. The minimum atomic E-state index is -4.26. The molecule has 168 valence electrons. The van der Waals surface area contributed by atoms with Crippen molar-refractivity contribution in [1.82, 2.24) is 10.2 Å². The van der Waals surface area contributed by atoms with Crippen molar-refractivity contribution in [2.75, 3.05) is 32.7 Å². The second-order valence-electron chi connectivity index (χ2n) is 8.31. The van der Waals surface area contributed by atoms with E-state index in [1.54, 1.807) is 26.0 Å². The first-order valence-electron chi connectivity index (χ1n) is 11.0. The predicted octanol–water partition coefficient (Wildman–Crippen LogP) is 5.51. The second kappa shape index (κ2) is 13.2. The molecule has 1 aromatic carbocycles. The molecule has 1 aromatic rings. The van der Waals surface area contributed by atoms with Crippen molar-refractivity contribution in [3.8, 4) is 0 Å². The lowest BCUT2D eigenvalue weighted by atomic mass is 9.89. The van der Waals surface area contributed by atoms with E-state index < -0.39 is 18.2 Å². The van der Waals surface area contributed by atoms with E-state index in [-0.39, 0.29) is 17.9 Å². The Morgan fingerprint density at radius 2 is 1.59 bits per heavy atom. The van der Waals surface area contributed by atoms with Crippen LogP contribution in [0.25, 0.3) is 0 Å². The SMILES string of the molecule is CCCCN(CCC)CCNCC(O)c1ccc(C(CC(C)C)C(F)(F)F)cc1. The number of unbranched alkanes of at least 4 members (excludes halogenated alkanes) is 1. The van der Waals surface area contributed by atoms with E-state index in [1.807, 2.05) is 0 Å². The fourth-order valence-electron chi connectivity index (χ4n) is 3.51. The van der Waals surface area contributed by atoms with Crippen LogP contribution >= 0.6 is 0 Å². The van der Waals surface area contributed by atoms with E-state index in [2.05, 4.69) is 24.1 Å². The highest BCUT2D eigenvalue weighted by Crippen LogP contribution is 2.39. The van der Waals surface area contributed by atoms with Crippen molar-refractivity contribution < 1.29 is 18.3 Å². The van der Waals surface area contributed by atoms with Crippen LogP contribution in [0.15, 0.2) is 24.3 Å². The van der Waals surface area contributed by atoms with Crippen LogP contribution in [0.1, 0.15) is 76.5 Å². The van der Waals surface area contributed by atoms with E-state index >= 15 is 0 Å². The lowest BCUT2D eigenvalue weighted by Gasteiger charge is -2.23. The van der Waals surface area contributed by atoms with Gasteiger partial charge in [-0.15, -0.1) is 0 Å². The smallest absolute Gasteiger partial charge is 0.387 e. The Bertz CT molecular complexity index is 546. The molecule has 1 rings (SSSR count). The fourth-order valence-corrected chi connectivity index (χ4v) is 3.51. The highest BCUT2D eigenvalue weighted by Gasteiger charge is 2.40. The van der Waals surface area contributed by atoms with E-state index in [1.165, 1.54) is 25.0 Å². The van der Waals surface area contributed by atoms with E-state index in [0.717, 1.165) is 32.6 Å². The van der Waals surface area contributed by atoms with Crippen LogP contribution in [0.4, 0.5) is 13.2 Å². The van der Waals surface area contributed by atoms with Gasteiger partial charge in [-0.05, 0) is 49.4 Å². The molecule has 0 aliphatic rings. The lowest BCUT2D eigenvalue weighted by molar-refractivity contribution is -0.153. The maximum Gasteiger partial charge on any atom is 0.395 e. The number of hydrogen-bond donors (Lipinski definition) is 2. The van der Waals surface area contributed by atoms with E-state index in [9.17, 15) is 18.3 Å². The molecule has 0 fully saturated rings. The quantitative estimate of drug-likeness (QED) is 0.392. The van der Waals surface area contributed by atoms with Gasteiger partial charge in [0.15, 0.2) is 0 Å². The summed E-state index contributed by atoms with van der Waals surface area (Å²) < 4.78 is 40.1. The third kappa shape index (κ3) is 9.96. The molecule has 0 aromatic heterocycles. The Morgan fingerprint density at radius 1 is 0.966 bits per heavy atom. The fraction of sp³-hybridized carbons (Fsp3) is 0.739. The zero-order valence-electron chi connectivity index (χ0n) is 18.4. The van der Waals surface area contributed by atoms with Gasteiger partial charge in [-0.3, -0.25) is 0 Å². The summed E-state index contributed by atoms with van der Waals surface area (Å²) in [6.07, 6.45) is -1.44. The van der Waals surface area contributed by atoms with Crippen LogP contribution in [0.3, 0.4) is 0 Å². The highest BCUT2D eigenvalue weighted by molar-refractivity contribution is 5.28. The number of benzene rings is 1. The number of nitrogens with zero attached hydrogens (tertiary/aromatic N) is 1. The van der Waals surface area contributed by atoms with Crippen LogP contribution in [-0.2, 0) is 0 Å². The molecule has 0 aliphatic heterocycles. The summed E-state index contributed by atoms with van der Waals surface area (Å²) in [5, 5.41) is 13.6. The molecule has 0 bridgehead atoms. The van der Waals surface area contributed by atoms with Crippen molar-refractivity contribution in [3.63, 3.8) is 0 Å². The Hall–Kier alpha value is -1.11. The molecule has 0 amide bonds. The molecule has 0 aliphatic carbocycles. The molecule has 0 spiro atoms. The Balaban J connectivity index is 2.55. The van der Waals surface area contributed by atoms with Crippen LogP contribution in [0.5, 0.6) is 0 Å². The summed E-state index contributed by atoms with van der Waals surface area (Å²) in [6, 6.07) is 6.25. The number of aliphatic hydroxyl groups is 1. The lowest BCUT2D eigenvalue weighted by Crippen LogP contribution is -2.35. The first-order valence-corrected chi connectivity index (χ1v) is 11.0. The van der Waals surface area contributed by atoms with Gasteiger partial charge in [0.25, 0.3) is 0 Å². The molecular formula is C23H39F3N2O. The van der Waals surface area contributed by atoms with Crippen molar-refractivity contribution >= 4 is 0 Å². The number of hydrogen-bond acceptors (Lipinski definition) is 3. The highest BCUT2D eigenvalue weighted by atomic mass is 19.4. The zero-order chi connectivity index (χ0) is 21.9. The van der Waals surface area contributed by atoms with Crippen molar-refractivity contribution in [2.45, 2.75) is 71.6 Å². The van der Waals surface area contributed by atoms with Gasteiger partial charge in [0.2, 0.25) is 0 Å². The zero-order valence-corrected chi connectivity index (χ0v) is 18.4. The Morgan fingerprint density at radius 3 is 2.10 bits per heavy atom. The van der Waals surface area contributed by atoms with Gasteiger partial charge in [0.1, 0.15) is 0 Å². The largest absolute Gasteiger partial charge is 0.395 e. The molecule has 0 radical (unpaired) electrons. The van der Waals surface area contributed by atoms with Gasteiger partial charge in [0.05, 0.1) is 12.0 Å². The third-order valence-corrected chi connectivity index (χ3v) is 5.14. The Kier molecular flexibility index (Phi) is 11.8. The van der Waals surface area contributed by atoms with Gasteiger partial charge in [0, 0.05) is 19.6 Å². The summed E-state index contributed by atoms with van der Waals surface area (Å²) in [5.41, 5.74) is 0.907. The minimum absolute atomic E-state index is 0.0410. The summed E-state index contributed by atoms with van der Waals surface area (Å²) in [5.74, 6) is -1.50. The van der Waals surface area contributed by atoms with E-state index in [4.69, 9.17) is 0 Å². The van der Waals surface area contributed by atoms with Gasteiger partial charge in [-0.25, -0.2) is 0 Å². The van der Waals surface area contributed by atoms with Crippen LogP contribution in [-0.4, -0.2) is 48.9 Å². The van der Waals surface area contributed by atoms with Crippen molar-refractivity contribution in [2.24, 2.45) is 5.92 Å². The molecule has 0 heterocycles. The average Bonchev–Trinajstić information content (AvgIpc) is 2.66. The van der Waals surface area contributed by atoms with Gasteiger partial charge < -0.3 is 15.3 Å². The summed E-state index contributed by atoms with van der Waals surface area (Å²) in [4.78, 5) is 2.42. The summed E-state index contributed by atoms with van der Waals surface area (Å²) in [6.45, 7) is 12.2. The summed E-state index contributed by atoms with van der Waals surface area (Å²) in [7, 11) is 0. The molecule has 6 heteroatoms. The standard InChI is InChI=1S/C23H39F3N2O/c1-5-7-14-28(13-6-2)15-12-27-17-22(29)20-10-8-19(9-11-20)21(16-18(3)4)23(24,25)26/h8-11,18,21-22,27,29H,5-7,12-17H2,1-4H3. The first kappa shape index (κ1) is 25.9. The molecule has 2 atom stereocenters. The number of aliphatic hydroxyl groups excluding tert-OH is 1. The number of alkyl halides is 3. The molecule has 0 saturated carbocycles. The number of rotatable bonds is 14. The van der Waals surface area contributed by atoms with Crippen LogP contribution in [0.2, 0.25) is 0 Å². The molecule has 29 heavy (non-hydrogen) atoms. The average molecular weight is 417 g/mol. The minimum Gasteiger partial charge on any atom is -0.387 e. The molecule has 3 nitrogen and oxygen atoms in total. The van der Waals surface area contributed by atoms with Crippen LogP contribution in [0, 0.1) is 5.92 Å². The molecule has 0 saturated heterocycles. The molecule has 2 unspecified atom stereocenters. The van der Waals surface area contributed by atoms with E-state index in [0.29, 0.717) is 12.1 Å². The van der Waals surface area contributed by atoms with Gasteiger partial charge in [-0.1, -0.05) is 58.4 Å². The van der Waals surface area contributed by atoms with Gasteiger partial charge >= 0.3 is 6.18 Å². The summed E-state index contributed by atoms with van der Waals surface area (Å²) >= 11 is 0. The maximum atomic E-state index is 13.4. The Labute approximate surface area is 174 Å². The normalized spacial score (nSPS) is 14.6. The number of nitrogens with one attached hydrogen (secondary N) is 1. The maximum absolute atomic E-state index is 13.4. The first-order chi connectivity index (χ1) is 13.7. The topological polar surface area (TPSA) is 35.5 Å².